The van der Waals surface area contributed by atoms with Gasteiger partial charge in [-0.05, 0) is 31.2 Å². The van der Waals surface area contributed by atoms with Crippen LogP contribution in [-0.2, 0) is 0 Å². The van der Waals surface area contributed by atoms with Crippen LogP contribution in [-0.4, -0.2) is 21.1 Å². The summed E-state index contributed by atoms with van der Waals surface area (Å²) >= 11 is 0. The van der Waals surface area contributed by atoms with Gasteiger partial charge in [0.2, 0.25) is 0 Å². The van der Waals surface area contributed by atoms with Crippen molar-refractivity contribution in [3.63, 3.8) is 0 Å². The first-order chi connectivity index (χ1) is 9.51. The Bertz CT molecular complexity index is 539. The Labute approximate surface area is 121 Å². The standard InChI is InChI=1S/C16H26N4/c1-5-8-18-14(6-7-16(2,3)4)13-11-19-20-10-9-17-12-15(13)20/h9-12,14,18H,5-8H2,1-4H3. The third-order valence-electron chi connectivity index (χ3n) is 3.55. The predicted octanol–water partition coefficient (Wildman–Crippen LogP) is 3.60. The molecule has 4 heteroatoms. The lowest BCUT2D eigenvalue weighted by Gasteiger charge is -2.23. The van der Waals surface area contributed by atoms with Crippen LogP contribution in [0.5, 0.6) is 0 Å². The van der Waals surface area contributed by atoms with Crippen molar-refractivity contribution < 1.29 is 0 Å². The quantitative estimate of drug-likeness (QED) is 0.875. The van der Waals surface area contributed by atoms with E-state index in [1.807, 2.05) is 23.1 Å². The van der Waals surface area contributed by atoms with Crippen LogP contribution in [0.1, 0.15) is 58.6 Å². The van der Waals surface area contributed by atoms with Crippen LogP contribution >= 0.6 is 0 Å². The number of hydrogen-bond acceptors (Lipinski definition) is 3. The van der Waals surface area contributed by atoms with Crippen LogP contribution in [0, 0.1) is 5.41 Å². The van der Waals surface area contributed by atoms with Gasteiger partial charge in [-0.2, -0.15) is 5.10 Å². The zero-order valence-electron chi connectivity index (χ0n) is 13.1. The second-order valence-corrected chi connectivity index (χ2v) is 6.61. The van der Waals surface area contributed by atoms with Gasteiger partial charge in [-0.3, -0.25) is 4.98 Å². The average Bonchev–Trinajstić information content (AvgIpc) is 2.82. The number of nitrogens with one attached hydrogen (secondary N) is 1. The average molecular weight is 274 g/mol. The summed E-state index contributed by atoms with van der Waals surface area (Å²) < 4.78 is 1.90. The molecule has 0 radical (unpaired) electrons. The maximum absolute atomic E-state index is 4.43. The van der Waals surface area contributed by atoms with Gasteiger partial charge in [0, 0.05) is 24.0 Å². The monoisotopic (exact) mass is 274 g/mol. The van der Waals surface area contributed by atoms with Crippen molar-refractivity contribution >= 4 is 5.52 Å². The van der Waals surface area contributed by atoms with Gasteiger partial charge in [-0.15, -0.1) is 0 Å². The van der Waals surface area contributed by atoms with Crippen molar-refractivity contribution in [2.24, 2.45) is 5.41 Å². The topological polar surface area (TPSA) is 42.2 Å². The van der Waals surface area contributed by atoms with Gasteiger partial charge in [-0.25, -0.2) is 4.52 Å². The van der Waals surface area contributed by atoms with Crippen molar-refractivity contribution in [2.75, 3.05) is 6.54 Å². The van der Waals surface area contributed by atoms with Crippen molar-refractivity contribution in [3.05, 3.63) is 30.4 Å². The van der Waals surface area contributed by atoms with Crippen molar-refractivity contribution in [1.82, 2.24) is 19.9 Å². The van der Waals surface area contributed by atoms with Crippen molar-refractivity contribution in [2.45, 2.75) is 53.0 Å². The molecule has 1 N–H and O–H groups in total. The van der Waals surface area contributed by atoms with E-state index in [-0.39, 0.29) is 0 Å². The van der Waals surface area contributed by atoms with Crippen LogP contribution in [0.4, 0.5) is 0 Å². The molecule has 0 saturated carbocycles. The molecule has 2 heterocycles. The normalized spacial score (nSPS) is 13.8. The van der Waals surface area contributed by atoms with Crippen LogP contribution < -0.4 is 5.32 Å². The van der Waals surface area contributed by atoms with Crippen LogP contribution in [0.15, 0.2) is 24.8 Å². The largest absolute Gasteiger partial charge is 0.310 e. The minimum Gasteiger partial charge on any atom is -0.310 e. The van der Waals surface area contributed by atoms with E-state index in [0.29, 0.717) is 11.5 Å². The Balaban J connectivity index is 2.21. The Morgan fingerprint density at radius 1 is 1.30 bits per heavy atom. The molecule has 1 unspecified atom stereocenters. The van der Waals surface area contributed by atoms with Crippen molar-refractivity contribution in [1.29, 1.82) is 0 Å². The predicted molar refractivity (Wildman–Crippen MR) is 82.7 cm³/mol. The summed E-state index contributed by atoms with van der Waals surface area (Å²) in [4.78, 5) is 4.23. The van der Waals surface area contributed by atoms with E-state index >= 15 is 0 Å². The van der Waals surface area contributed by atoms with Gasteiger partial charge in [0.15, 0.2) is 0 Å². The van der Waals surface area contributed by atoms with Crippen LogP contribution in [0.2, 0.25) is 0 Å². The van der Waals surface area contributed by atoms with Gasteiger partial charge in [0.1, 0.15) is 0 Å². The Morgan fingerprint density at radius 2 is 2.10 bits per heavy atom. The molecule has 4 nitrogen and oxygen atoms in total. The number of hydrogen-bond donors (Lipinski definition) is 1. The Kier molecular flexibility index (Phi) is 4.76. The fourth-order valence-electron chi connectivity index (χ4n) is 2.38. The van der Waals surface area contributed by atoms with Gasteiger partial charge in [-0.1, -0.05) is 27.7 Å². The van der Waals surface area contributed by atoms with E-state index in [1.165, 1.54) is 12.0 Å². The molecule has 0 bridgehead atoms. The van der Waals surface area contributed by atoms with Crippen molar-refractivity contribution in [3.8, 4) is 0 Å². The summed E-state index contributed by atoms with van der Waals surface area (Å²) in [7, 11) is 0. The maximum Gasteiger partial charge on any atom is 0.0892 e. The number of rotatable bonds is 6. The van der Waals surface area contributed by atoms with E-state index in [2.05, 4.69) is 43.1 Å². The molecule has 2 aromatic heterocycles. The molecule has 0 fully saturated rings. The molecule has 0 saturated heterocycles. The Morgan fingerprint density at radius 3 is 2.80 bits per heavy atom. The van der Waals surface area contributed by atoms with Gasteiger partial charge in [0.25, 0.3) is 0 Å². The number of fused-ring (bicyclic) bond motifs is 1. The van der Waals surface area contributed by atoms with E-state index in [9.17, 15) is 0 Å². The third-order valence-corrected chi connectivity index (χ3v) is 3.55. The molecule has 0 aliphatic carbocycles. The highest BCUT2D eigenvalue weighted by Gasteiger charge is 2.19. The number of aromatic nitrogens is 3. The van der Waals surface area contributed by atoms with Crippen LogP contribution in [0.3, 0.4) is 0 Å². The lowest BCUT2D eigenvalue weighted by molar-refractivity contribution is 0.332. The summed E-state index contributed by atoms with van der Waals surface area (Å²) in [6.45, 7) is 10.1. The first kappa shape index (κ1) is 15.0. The first-order valence-electron chi connectivity index (χ1n) is 7.52. The second-order valence-electron chi connectivity index (χ2n) is 6.61. The fourth-order valence-corrected chi connectivity index (χ4v) is 2.38. The highest BCUT2D eigenvalue weighted by Crippen LogP contribution is 2.29. The summed E-state index contributed by atoms with van der Waals surface area (Å²) in [5, 5.41) is 8.08. The highest BCUT2D eigenvalue weighted by molar-refractivity contribution is 5.53. The molecule has 0 amide bonds. The molecule has 20 heavy (non-hydrogen) atoms. The maximum atomic E-state index is 4.43. The lowest BCUT2D eigenvalue weighted by atomic mass is 9.87. The minimum absolute atomic E-state index is 0.355. The summed E-state index contributed by atoms with van der Waals surface area (Å²) in [6, 6.07) is 0.357. The molecular formula is C16H26N4. The molecule has 0 aliphatic heterocycles. The highest BCUT2D eigenvalue weighted by atomic mass is 15.2. The minimum atomic E-state index is 0.355. The molecule has 2 aromatic rings. The zero-order valence-corrected chi connectivity index (χ0v) is 13.1. The van der Waals surface area contributed by atoms with Crippen LogP contribution in [0.25, 0.3) is 5.52 Å². The molecule has 2 rings (SSSR count). The SMILES string of the molecule is CCCNC(CCC(C)(C)C)c1cnn2ccncc12. The molecule has 0 aromatic carbocycles. The molecule has 0 aliphatic rings. The smallest absolute Gasteiger partial charge is 0.0892 e. The third kappa shape index (κ3) is 3.79. The van der Waals surface area contributed by atoms with Gasteiger partial charge >= 0.3 is 0 Å². The summed E-state index contributed by atoms with van der Waals surface area (Å²) in [5.74, 6) is 0. The fraction of sp³-hybridized carbons (Fsp3) is 0.625. The molecule has 0 spiro atoms. The first-order valence-corrected chi connectivity index (χ1v) is 7.52. The molecule has 110 valence electrons. The van der Waals surface area contributed by atoms with Gasteiger partial charge in [0.05, 0.1) is 17.9 Å². The number of nitrogens with zero attached hydrogens (tertiary/aromatic N) is 3. The van der Waals surface area contributed by atoms with E-state index in [0.717, 1.165) is 24.9 Å². The summed E-state index contributed by atoms with van der Waals surface area (Å²) in [5.41, 5.74) is 2.72. The second kappa shape index (κ2) is 6.35. The van der Waals surface area contributed by atoms with E-state index in [1.54, 1.807) is 6.20 Å². The zero-order chi connectivity index (χ0) is 14.6. The molecular weight excluding hydrogens is 248 g/mol. The van der Waals surface area contributed by atoms with Gasteiger partial charge < -0.3 is 5.32 Å². The van der Waals surface area contributed by atoms with E-state index < -0.39 is 0 Å². The van der Waals surface area contributed by atoms with E-state index in [4.69, 9.17) is 0 Å². The molecule has 1 atom stereocenters. The lowest BCUT2D eigenvalue weighted by Crippen LogP contribution is -2.23. The summed E-state index contributed by atoms with van der Waals surface area (Å²) in [6.07, 6.45) is 11.0. The Hall–Kier alpha value is -1.42.